The molecule has 2 rings (SSSR count). The van der Waals surface area contributed by atoms with Crippen molar-refractivity contribution >= 4 is 29.9 Å². The van der Waals surface area contributed by atoms with Crippen molar-refractivity contribution in [1.82, 2.24) is 10.2 Å². The number of phenolic OH excluding ortho intramolecular Hbond substituents is 1. The summed E-state index contributed by atoms with van der Waals surface area (Å²) in [7, 11) is 3.68. The number of benzene rings is 2. The number of nitrogens with one attached hydrogen (secondary N) is 1. The summed E-state index contributed by atoms with van der Waals surface area (Å²) in [4.78, 5) is 6.76. The third kappa shape index (κ3) is 6.81. The number of aromatic hydroxyl groups is 1. The van der Waals surface area contributed by atoms with E-state index in [9.17, 15) is 5.11 Å². The van der Waals surface area contributed by atoms with Crippen LogP contribution in [0.3, 0.4) is 0 Å². The average Bonchev–Trinajstić information content (AvgIpc) is 2.60. The summed E-state index contributed by atoms with van der Waals surface area (Å²) in [6.45, 7) is 4.18. The molecule has 2 N–H and O–H groups in total. The van der Waals surface area contributed by atoms with Gasteiger partial charge in [-0.25, -0.2) is 4.99 Å². The summed E-state index contributed by atoms with van der Waals surface area (Å²) < 4.78 is 5.19. The zero-order valence-corrected chi connectivity index (χ0v) is 17.2. The van der Waals surface area contributed by atoms with Crippen LogP contribution in [0.1, 0.15) is 18.1 Å². The van der Waals surface area contributed by atoms with E-state index in [0.717, 1.165) is 30.4 Å². The van der Waals surface area contributed by atoms with E-state index in [1.165, 1.54) is 5.56 Å². The fraction of sp³-hybridized carbons (Fsp3) is 0.316. The van der Waals surface area contributed by atoms with Gasteiger partial charge in [-0.2, -0.15) is 0 Å². The first-order valence-corrected chi connectivity index (χ1v) is 8.02. The van der Waals surface area contributed by atoms with Crippen molar-refractivity contribution in [2.75, 3.05) is 20.7 Å². The van der Waals surface area contributed by atoms with Crippen LogP contribution in [0, 0.1) is 0 Å². The number of guanidine groups is 1. The molecule has 0 spiro atoms. The summed E-state index contributed by atoms with van der Waals surface area (Å²) in [5.74, 6) is 1.97. The van der Waals surface area contributed by atoms with Gasteiger partial charge in [0.1, 0.15) is 11.5 Å². The van der Waals surface area contributed by atoms with Crippen LogP contribution in [-0.2, 0) is 13.1 Å². The maximum absolute atomic E-state index is 9.34. The Bertz CT molecular complexity index is 657. The van der Waals surface area contributed by atoms with Gasteiger partial charge in [-0.1, -0.05) is 24.3 Å². The van der Waals surface area contributed by atoms with Crippen molar-refractivity contribution in [2.24, 2.45) is 4.99 Å². The molecule has 0 aromatic heterocycles. The van der Waals surface area contributed by atoms with Crippen molar-refractivity contribution in [3.63, 3.8) is 0 Å². The molecule has 5 nitrogen and oxygen atoms in total. The lowest BCUT2D eigenvalue weighted by atomic mass is 10.2. The minimum absolute atomic E-state index is 0. The van der Waals surface area contributed by atoms with Gasteiger partial charge >= 0.3 is 0 Å². The molecule has 136 valence electrons. The zero-order chi connectivity index (χ0) is 17.4. The quantitative estimate of drug-likeness (QED) is 0.397. The second-order valence-electron chi connectivity index (χ2n) is 5.54. The molecule has 2 aromatic rings. The minimum Gasteiger partial charge on any atom is -0.508 e. The van der Waals surface area contributed by atoms with Crippen LogP contribution < -0.4 is 10.1 Å². The topological polar surface area (TPSA) is 57.1 Å². The molecule has 2 aromatic carbocycles. The molecule has 0 radical (unpaired) electrons. The van der Waals surface area contributed by atoms with E-state index in [4.69, 9.17) is 4.74 Å². The van der Waals surface area contributed by atoms with E-state index in [1.807, 2.05) is 31.3 Å². The van der Waals surface area contributed by atoms with E-state index in [2.05, 4.69) is 34.3 Å². The van der Waals surface area contributed by atoms with E-state index in [0.29, 0.717) is 6.54 Å². The van der Waals surface area contributed by atoms with E-state index in [-0.39, 0.29) is 29.7 Å². The Morgan fingerprint density at radius 3 is 2.24 bits per heavy atom. The highest BCUT2D eigenvalue weighted by Crippen LogP contribution is 2.13. The zero-order valence-electron chi connectivity index (χ0n) is 14.9. The van der Waals surface area contributed by atoms with Gasteiger partial charge in [0.25, 0.3) is 0 Å². The number of hydrogen-bond acceptors (Lipinski definition) is 3. The predicted octanol–water partition coefficient (Wildman–Crippen LogP) is 3.62. The molecule has 0 aliphatic rings. The first-order valence-electron chi connectivity index (χ1n) is 8.02. The number of rotatable bonds is 6. The van der Waals surface area contributed by atoms with Crippen LogP contribution in [0.4, 0.5) is 0 Å². The number of hydrogen-bond donors (Lipinski definition) is 2. The molecule has 6 heteroatoms. The highest BCUT2D eigenvalue weighted by molar-refractivity contribution is 14.0. The first-order chi connectivity index (χ1) is 11.6. The lowest BCUT2D eigenvalue weighted by Crippen LogP contribution is -2.38. The van der Waals surface area contributed by atoms with Crippen LogP contribution in [0.5, 0.6) is 11.5 Å². The largest absolute Gasteiger partial charge is 0.508 e. The number of methoxy groups -OCH3 is 1. The SMILES string of the molecule is CCNC(=NCc1ccc(O)cc1)N(C)Cc1ccc(OC)cc1.I. The van der Waals surface area contributed by atoms with Crippen molar-refractivity contribution in [3.8, 4) is 11.5 Å². The van der Waals surface area contributed by atoms with Gasteiger partial charge in [-0.15, -0.1) is 24.0 Å². The maximum Gasteiger partial charge on any atom is 0.194 e. The summed E-state index contributed by atoms with van der Waals surface area (Å²) in [5, 5.41) is 12.7. The van der Waals surface area contributed by atoms with Crippen molar-refractivity contribution in [1.29, 1.82) is 0 Å². The summed E-state index contributed by atoms with van der Waals surface area (Å²) >= 11 is 0. The molecule has 0 bridgehead atoms. The lowest BCUT2D eigenvalue weighted by molar-refractivity contribution is 0.414. The fourth-order valence-corrected chi connectivity index (χ4v) is 2.32. The second-order valence-corrected chi connectivity index (χ2v) is 5.54. The number of ether oxygens (including phenoxy) is 1. The fourth-order valence-electron chi connectivity index (χ4n) is 2.32. The third-order valence-corrected chi connectivity index (χ3v) is 3.62. The van der Waals surface area contributed by atoms with Gasteiger partial charge in [0, 0.05) is 20.1 Å². The number of halogens is 1. The summed E-state index contributed by atoms with van der Waals surface area (Å²) in [6, 6.07) is 15.2. The van der Waals surface area contributed by atoms with Crippen LogP contribution in [0.15, 0.2) is 53.5 Å². The Labute approximate surface area is 166 Å². The molecule has 0 aliphatic carbocycles. The predicted molar refractivity (Wildman–Crippen MR) is 113 cm³/mol. The normalized spacial score (nSPS) is 10.8. The second kappa shape index (κ2) is 10.8. The van der Waals surface area contributed by atoms with Gasteiger partial charge in [-0.05, 0) is 42.3 Å². The monoisotopic (exact) mass is 455 g/mol. The molecule has 0 amide bonds. The highest BCUT2D eigenvalue weighted by atomic mass is 127. The molecule has 0 fully saturated rings. The Morgan fingerprint density at radius 2 is 1.68 bits per heavy atom. The standard InChI is InChI=1S/C19H25N3O2.HI/c1-4-20-19(21-13-15-5-9-17(23)10-6-15)22(2)14-16-7-11-18(24-3)12-8-16;/h5-12,23H,4,13-14H2,1-3H3,(H,20,21);1H. The number of nitrogens with zero attached hydrogens (tertiary/aromatic N) is 2. The lowest BCUT2D eigenvalue weighted by Gasteiger charge is -2.22. The highest BCUT2D eigenvalue weighted by Gasteiger charge is 2.07. The van der Waals surface area contributed by atoms with Gasteiger partial charge in [0.15, 0.2) is 5.96 Å². The van der Waals surface area contributed by atoms with Crippen LogP contribution >= 0.6 is 24.0 Å². The number of phenols is 1. The molecule has 0 atom stereocenters. The van der Waals surface area contributed by atoms with Crippen molar-refractivity contribution in [2.45, 2.75) is 20.0 Å². The van der Waals surface area contributed by atoms with Crippen molar-refractivity contribution < 1.29 is 9.84 Å². The minimum atomic E-state index is 0. The molecule has 0 heterocycles. The third-order valence-electron chi connectivity index (χ3n) is 3.62. The van der Waals surface area contributed by atoms with E-state index < -0.39 is 0 Å². The van der Waals surface area contributed by atoms with Crippen molar-refractivity contribution in [3.05, 3.63) is 59.7 Å². The molecular formula is C19H26IN3O2. The summed E-state index contributed by atoms with van der Waals surface area (Å²) in [6.07, 6.45) is 0. The smallest absolute Gasteiger partial charge is 0.194 e. The Morgan fingerprint density at radius 1 is 1.08 bits per heavy atom. The molecule has 0 aliphatic heterocycles. The molecular weight excluding hydrogens is 429 g/mol. The molecule has 0 saturated carbocycles. The number of aliphatic imine (C=N–C) groups is 1. The molecule has 0 saturated heterocycles. The Balaban J connectivity index is 0.00000312. The molecule has 0 unspecified atom stereocenters. The summed E-state index contributed by atoms with van der Waals surface area (Å²) in [5.41, 5.74) is 2.24. The van der Waals surface area contributed by atoms with Gasteiger partial charge < -0.3 is 20.1 Å². The van der Waals surface area contributed by atoms with Crippen LogP contribution in [0.2, 0.25) is 0 Å². The Hall–Kier alpha value is -1.96. The Kier molecular flexibility index (Phi) is 9.12. The maximum atomic E-state index is 9.34. The van der Waals surface area contributed by atoms with Crippen LogP contribution in [-0.4, -0.2) is 36.7 Å². The first kappa shape index (κ1) is 21.1. The van der Waals surface area contributed by atoms with E-state index in [1.54, 1.807) is 19.2 Å². The van der Waals surface area contributed by atoms with Gasteiger partial charge in [0.2, 0.25) is 0 Å². The molecule has 25 heavy (non-hydrogen) atoms. The van der Waals surface area contributed by atoms with Crippen LogP contribution in [0.25, 0.3) is 0 Å². The van der Waals surface area contributed by atoms with Gasteiger partial charge in [0.05, 0.1) is 13.7 Å². The van der Waals surface area contributed by atoms with Gasteiger partial charge in [-0.3, -0.25) is 0 Å². The average molecular weight is 455 g/mol. The van der Waals surface area contributed by atoms with E-state index >= 15 is 0 Å².